The van der Waals surface area contributed by atoms with Gasteiger partial charge in [0.25, 0.3) is 5.91 Å². The lowest BCUT2D eigenvalue weighted by molar-refractivity contribution is -0.156. The fraction of sp³-hybridized carbons (Fsp3) is 0.556. The molecule has 0 fully saturated rings. The van der Waals surface area contributed by atoms with Crippen LogP contribution in [0.1, 0.15) is 47.1 Å². The van der Waals surface area contributed by atoms with Gasteiger partial charge in [0, 0.05) is 6.54 Å². The molecular formula is C18H28N2O5S. The summed E-state index contributed by atoms with van der Waals surface area (Å²) in [4.78, 5) is 23.7. The van der Waals surface area contributed by atoms with Crippen molar-refractivity contribution in [1.29, 1.82) is 0 Å². The van der Waals surface area contributed by atoms with E-state index in [1.54, 1.807) is 19.1 Å². The molecule has 0 unspecified atom stereocenters. The third-order valence-corrected chi connectivity index (χ3v) is 5.29. The first-order valence-corrected chi connectivity index (χ1v) is 9.98. The lowest BCUT2D eigenvalue weighted by Crippen LogP contribution is -2.43. The van der Waals surface area contributed by atoms with Crippen molar-refractivity contribution in [3.05, 3.63) is 29.8 Å². The number of benzene rings is 1. The van der Waals surface area contributed by atoms with E-state index >= 15 is 0 Å². The van der Waals surface area contributed by atoms with Crippen LogP contribution in [-0.4, -0.2) is 39.0 Å². The average Bonchev–Trinajstić information content (AvgIpc) is 2.53. The molecule has 8 heteroatoms. The Morgan fingerprint density at radius 1 is 1.12 bits per heavy atom. The van der Waals surface area contributed by atoms with Gasteiger partial charge >= 0.3 is 5.97 Å². The molecule has 1 rings (SSSR count). The van der Waals surface area contributed by atoms with E-state index in [2.05, 4.69) is 10.0 Å². The van der Waals surface area contributed by atoms with Crippen molar-refractivity contribution >= 4 is 21.9 Å². The molecule has 1 amide bonds. The Morgan fingerprint density at radius 2 is 1.65 bits per heavy atom. The van der Waals surface area contributed by atoms with Crippen LogP contribution in [0.4, 0.5) is 0 Å². The summed E-state index contributed by atoms with van der Waals surface area (Å²) in [7, 11) is -3.88. The summed E-state index contributed by atoms with van der Waals surface area (Å²) in [5, 5.41) is 2.53. The molecular weight excluding hydrogens is 356 g/mol. The number of amides is 1. The number of esters is 1. The Kier molecular flexibility index (Phi) is 7.35. The number of carbonyl (C=O) groups excluding carboxylic acids is 2. The van der Waals surface area contributed by atoms with Gasteiger partial charge in [0.2, 0.25) is 10.0 Å². The summed E-state index contributed by atoms with van der Waals surface area (Å²) in [5.74, 6) is -1.26. The summed E-state index contributed by atoms with van der Waals surface area (Å²) in [6.07, 6.45) is -1.000. The van der Waals surface area contributed by atoms with Crippen LogP contribution in [0, 0.1) is 0 Å². The van der Waals surface area contributed by atoms with Crippen LogP contribution in [0.15, 0.2) is 29.2 Å². The number of rotatable bonds is 7. The molecule has 0 spiro atoms. The maximum absolute atomic E-state index is 12.4. The standard InChI is InChI=1S/C18H28N2O5S/c1-7-19-16(21)13(3)25-17(22)12(2)20-26(23,24)15-10-8-14(9-11-15)18(4,5)6/h8-13,20H,7H2,1-6H3,(H,19,21)/t12-,13+/m0/s1. The number of sulfonamides is 1. The van der Waals surface area contributed by atoms with Gasteiger partial charge in [-0.3, -0.25) is 9.59 Å². The quantitative estimate of drug-likeness (QED) is 0.697. The van der Waals surface area contributed by atoms with E-state index in [0.29, 0.717) is 6.54 Å². The van der Waals surface area contributed by atoms with Crippen molar-refractivity contribution in [1.82, 2.24) is 10.0 Å². The Balaban J connectivity index is 2.79. The molecule has 0 saturated heterocycles. The molecule has 7 nitrogen and oxygen atoms in total. The highest BCUT2D eigenvalue weighted by Crippen LogP contribution is 2.23. The number of carbonyl (C=O) groups is 2. The van der Waals surface area contributed by atoms with Crippen LogP contribution < -0.4 is 10.0 Å². The number of ether oxygens (including phenoxy) is 1. The van der Waals surface area contributed by atoms with Crippen LogP contribution >= 0.6 is 0 Å². The van der Waals surface area contributed by atoms with Crippen molar-refractivity contribution in [2.24, 2.45) is 0 Å². The SMILES string of the molecule is CCNC(=O)[C@@H](C)OC(=O)[C@H](C)NS(=O)(=O)c1ccc(C(C)(C)C)cc1. The minimum absolute atomic E-state index is 0.0573. The summed E-state index contributed by atoms with van der Waals surface area (Å²) < 4.78 is 32.1. The number of likely N-dealkylation sites (N-methyl/N-ethyl adjacent to an activating group) is 1. The van der Waals surface area contributed by atoms with Gasteiger partial charge in [-0.25, -0.2) is 8.42 Å². The zero-order chi connectivity index (χ0) is 20.1. The molecule has 0 radical (unpaired) electrons. The van der Waals surface area contributed by atoms with Gasteiger partial charge in [-0.05, 0) is 43.9 Å². The van der Waals surface area contributed by atoms with Crippen LogP contribution in [-0.2, 0) is 29.8 Å². The second kappa shape index (κ2) is 8.64. The van der Waals surface area contributed by atoms with E-state index in [1.807, 2.05) is 20.8 Å². The van der Waals surface area contributed by atoms with Crippen LogP contribution in [0.25, 0.3) is 0 Å². The molecule has 2 N–H and O–H groups in total. The minimum atomic E-state index is -3.88. The van der Waals surface area contributed by atoms with Crippen LogP contribution in [0.2, 0.25) is 0 Å². The number of nitrogens with one attached hydrogen (secondary N) is 2. The fourth-order valence-electron chi connectivity index (χ4n) is 2.13. The van der Waals surface area contributed by atoms with Gasteiger partial charge in [-0.15, -0.1) is 0 Å². The van der Waals surface area contributed by atoms with E-state index < -0.39 is 34.0 Å². The van der Waals surface area contributed by atoms with E-state index in [1.165, 1.54) is 26.0 Å². The largest absolute Gasteiger partial charge is 0.451 e. The first-order valence-electron chi connectivity index (χ1n) is 8.49. The highest BCUT2D eigenvalue weighted by molar-refractivity contribution is 7.89. The Hall–Kier alpha value is -1.93. The predicted molar refractivity (Wildman–Crippen MR) is 99.2 cm³/mol. The molecule has 0 heterocycles. The lowest BCUT2D eigenvalue weighted by Gasteiger charge is -2.20. The first kappa shape index (κ1) is 22.1. The monoisotopic (exact) mass is 384 g/mol. The summed E-state index contributed by atoms with van der Waals surface area (Å²) in [5.41, 5.74) is 0.904. The number of hydrogen-bond donors (Lipinski definition) is 2. The van der Waals surface area contributed by atoms with Gasteiger partial charge in [0.05, 0.1) is 4.90 Å². The molecule has 1 aromatic carbocycles. The van der Waals surface area contributed by atoms with Crippen molar-refractivity contribution in [2.75, 3.05) is 6.54 Å². The molecule has 0 aliphatic rings. The second-order valence-electron chi connectivity index (χ2n) is 7.09. The zero-order valence-electron chi connectivity index (χ0n) is 16.1. The molecule has 0 bridgehead atoms. The molecule has 0 aliphatic heterocycles. The first-order chi connectivity index (χ1) is 11.9. The Morgan fingerprint density at radius 3 is 2.12 bits per heavy atom. The van der Waals surface area contributed by atoms with Crippen molar-refractivity contribution in [2.45, 2.75) is 64.0 Å². The summed E-state index contributed by atoms with van der Waals surface area (Å²) >= 11 is 0. The summed E-state index contributed by atoms with van der Waals surface area (Å²) in [6, 6.07) is 5.36. The molecule has 0 aromatic heterocycles. The van der Waals surface area contributed by atoms with Crippen LogP contribution in [0.3, 0.4) is 0 Å². The molecule has 146 valence electrons. The third-order valence-electron chi connectivity index (χ3n) is 3.73. The molecule has 2 atom stereocenters. The molecule has 1 aromatic rings. The zero-order valence-corrected chi connectivity index (χ0v) is 16.9. The second-order valence-corrected chi connectivity index (χ2v) is 8.81. The van der Waals surface area contributed by atoms with E-state index in [-0.39, 0.29) is 10.3 Å². The van der Waals surface area contributed by atoms with Crippen molar-refractivity contribution in [3.8, 4) is 0 Å². The smallest absolute Gasteiger partial charge is 0.324 e. The van der Waals surface area contributed by atoms with Gasteiger partial charge in [-0.1, -0.05) is 32.9 Å². The fourth-order valence-corrected chi connectivity index (χ4v) is 3.32. The van der Waals surface area contributed by atoms with Gasteiger partial charge in [0.15, 0.2) is 6.10 Å². The highest BCUT2D eigenvalue weighted by Gasteiger charge is 2.26. The lowest BCUT2D eigenvalue weighted by atomic mass is 9.87. The van der Waals surface area contributed by atoms with Gasteiger partial charge in [-0.2, -0.15) is 4.72 Å². The van der Waals surface area contributed by atoms with Crippen LogP contribution in [0.5, 0.6) is 0 Å². The topological polar surface area (TPSA) is 102 Å². The van der Waals surface area contributed by atoms with Crippen molar-refractivity contribution < 1.29 is 22.7 Å². The van der Waals surface area contributed by atoms with E-state index in [9.17, 15) is 18.0 Å². The van der Waals surface area contributed by atoms with Gasteiger partial charge in [0.1, 0.15) is 6.04 Å². The minimum Gasteiger partial charge on any atom is -0.451 e. The van der Waals surface area contributed by atoms with E-state index in [4.69, 9.17) is 4.74 Å². The van der Waals surface area contributed by atoms with Crippen molar-refractivity contribution in [3.63, 3.8) is 0 Å². The number of hydrogen-bond acceptors (Lipinski definition) is 5. The normalized spacial score (nSPS) is 14.4. The van der Waals surface area contributed by atoms with E-state index in [0.717, 1.165) is 5.56 Å². The average molecular weight is 384 g/mol. The molecule has 0 aliphatic carbocycles. The highest BCUT2D eigenvalue weighted by atomic mass is 32.2. The Bertz CT molecular complexity index is 736. The Labute approximate surface area is 155 Å². The third kappa shape index (κ3) is 6.10. The maximum atomic E-state index is 12.4. The molecule has 26 heavy (non-hydrogen) atoms. The molecule has 0 saturated carbocycles. The summed E-state index contributed by atoms with van der Waals surface area (Å²) in [6.45, 7) is 11.0. The van der Waals surface area contributed by atoms with Gasteiger partial charge < -0.3 is 10.1 Å². The predicted octanol–water partition coefficient (Wildman–Crippen LogP) is 1.72. The maximum Gasteiger partial charge on any atom is 0.324 e.